The van der Waals surface area contributed by atoms with E-state index in [9.17, 15) is 28.8 Å². The number of hydrogen-bond donors (Lipinski definition) is 12. The van der Waals surface area contributed by atoms with Crippen molar-refractivity contribution in [1.29, 1.82) is 0 Å². The minimum absolute atomic E-state index is 0.0208. The molecule has 0 saturated carbocycles. The number of nitrogens with one attached hydrogen (secondary N) is 1. The highest BCUT2D eigenvalue weighted by molar-refractivity contribution is 5.74. The van der Waals surface area contributed by atoms with Crippen molar-refractivity contribution in [2.75, 3.05) is 26.2 Å². The second-order valence-corrected chi connectivity index (χ2v) is 8.46. The Morgan fingerprint density at radius 2 is 1.07 bits per heavy atom. The average Bonchev–Trinajstić information content (AvgIpc) is 3.40. The van der Waals surface area contributed by atoms with Crippen LogP contribution < -0.4 is 34.0 Å². The van der Waals surface area contributed by atoms with Crippen molar-refractivity contribution in [2.24, 2.45) is 40.5 Å². The van der Waals surface area contributed by atoms with Crippen LogP contribution in [-0.2, 0) is 28.8 Å². The van der Waals surface area contributed by atoms with Gasteiger partial charge in [0.1, 0.15) is 18.1 Å². The zero-order valence-corrected chi connectivity index (χ0v) is 23.4. The summed E-state index contributed by atoms with van der Waals surface area (Å²) < 4.78 is 0. The van der Waals surface area contributed by atoms with Crippen molar-refractivity contribution in [3.8, 4) is 0 Å². The fourth-order valence-electron chi connectivity index (χ4n) is 1.79. The zero-order valence-electron chi connectivity index (χ0n) is 23.4. The van der Waals surface area contributed by atoms with Crippen LogP contribution in [0.25, 0.3) is 0 Å². The van der Waals surface area contributed by atoms with Crippen LogP contribution in [0.15, 0.2) is 0 Å². The van der Waals surface area contributed by atoms with E-state index in [0.717, 1.165) is 19.4 Å². The van der Waals surface area contributed by atoms with Crippen LogP contribution in [0.5, 0.6) is 0 Å². The van der Waals surface area contributed by atoms with Crippen molar-refractivity contribution in [3.05, 3.63) is 0 Å². The van der Waals surface area contributed by atoms with Crippen molar-refractivity contribution < 1.29 is 59.4 Å². The van der Waals surface area contributed by atoms with E-state index in [-0.39, 0.29) is 31.6 Å². The van der Waals surface area contributed by atoms with Crippen molar-refractivity contribution in [1.82, 2.24) is 5.32 Å². The molecule has 0 bridgehead atoms. The number of rotatable bonds is 9. The number of hydrogen-bond acceptors (Lipinski definition) is 12. The highest BCUT2D eigenvalue weighted by Gasteiger charge is 2.20. The lowest BCUT2D eigenvalue weighted by Gasteiger charge is -2.07. The molecule has 18 heteroatoms. The second kappa shape index (κ2) is 30.1. The Labute approximate surface area is 232 Å². The largest absolute Gasteiger partial charge is 0.480 e. The first kappa shape index (κ1) is 46.4. The Bertz CT molecular complexity index is 671. The van der Waals surface area contributed by atoms with Crippen LogP contribution in [0, 0.1) is 11.8 Å². The minimum atomic E-state index is -0.968. The molecule has 0 radical (unpaired) electrons. The van der Waals surface area contributed by atoms with Gasteiger partial charge in [-0.25, -0.2) is 0 Å². The zero-order chi connectivity index (χ0) is 33.0. The summed E-state index contributed by atoms with van der Waals surface area (Å²) in [5.74, 6) is -5.09. The number of carbonyl (C=O) groups is 6. The van der Waals surface area contributed by atoms with E-state index >= 15 is 0 Å². The van der Waals surface area contributed by atoms with E-state index in [4.69, 9.17) is 42.1 Å². The fraction of sp³-hybridized carbons (Fsp3) is 0.727. The van der Waals surface area contributed by atoms with Gasteiger partial charge < -0.3 is 64.6 Å². The Kier molecular flexibility index (Phi) is 35.0. The van der Waals surface area contributed by atoms with Gasteiger partial charge in [-0.05, 0) is 37.6 Å². The molecule has 40 heavy (non-hydrogen) atoms. The normalized spacial score (nSPS) is 14.3. The highest BCUT2D eigenvalue weighted by atomic mass is 16.4. The maximum atomic E-state index is 10.1. The van der Waals surface area contributed by atoms with Gasteiger partial charge in [-0.3, -0.25) is 28.8 Å². The molecule has 0 amide bonds. The molecule has 0 aromatic heterocycles. The van der Waals surface area contributed by atoms with Gasteiger partial charge >= 0.3 is 35.8 Å². The molecule has 0 spiro atoms. The van der Waals surface area contributed by atoms with Gasteiger partial charge in [0.25, 0.3) is 0 Å². The van der Waals surface area contributed by atoms with E-state index < -0.39 is 47.9 Å². The minimum Gasteiger partial charge on any atom is -0.480 e. The number of carboxylic acid groups (broad SMARTS) is 6. The maximum Gasteiger partial charge on any atom is 0.320 e. The van der Waals surface area contributed by atoms with E-state index in [2.05, 4.69) is 22.5 Å². The molecule has 1 saturated heterocycles. The molecule has 0 aliphatic carbocycles. The average molecular weight is 589 g/mol. The highest BCUT2D eigenvalue weighted by Crippen LogP contribution is 2.03. The Hall–Kier alpha value is -3.42. The monoisotopic (exact) mass is 588 g/mol. The van der Waals surface area contributed by atoms with Crippen LogP contribution in [0.3, 0.4) is 0 Å². The quantitative estimate of drug-likeness (QED) is 0.131. The first-order valence-electron chi connectivity index (χ1n) is 11.9. The van der Waals surface area contributed by atoms with Gasteiger partial charge in [-0.15, -0.1) is 0 Å². The Morgan fingerprint density at radius 3 is 1.15 bits per heavy atom. The first-order chi connectivity index (χ1) is 18.2. The van der Waals surface area contributed by atoms with Gasteiger partial charge in [0.05, 0.1) is 19.6 Å². The number of aliphatic carboxylic acids is 6. The van der Waals surface area contributed by atoms with Gasteiger partial charge in [0.15, 0.2) is 0 Å². The third kappa shape index (κ3) is 44.6. The molecule has 238 valence electrons. The van der Waals surface area contributed by atoms with Crippen molar-refractivity contribution >= 4 is 35.8 Å². The smallest absolute Gasteiger partial charge is 0.320 e. The Morgan fingerprint density at radius 1 is 0.725 bits per heavy atom. The van der Waals surface area contributed by atoms with E-state index in [0.29, 0.717) is 12.3 Å². The van der Waals surface area contributed by atoms with Gasteiger partial charge in [-0.1, -0.05) is 27.7 Å². The molecule has 3 atom stereocenters. The molecule has 0 aromatic carbocycles. The lowest BCUT2D eigenvalue weighted by atomic mass is 10.1. The molecular weight excluding hydrogens is 540 g/mol. The van der Waals surface area contributed by atoms with Crippen LogP contribution in [-0.4, -0.2) is 111 Å². The van der Waals surface area contributed by atoms with Crippen LogP contribution in [0.1, 0.15) is 47.0 Å². The van der Waals surface area contributed by atoms with E-state index in [1.807, 2.05) is 13.8 Å². The third-order valence-electron chi connectivity index (χ3n) is 3.93. The second-order valence-electron chi connectivity index (χ2n) is 8.46. The topological polar surface area (TPSA) is 366 Å². The molecule has 1 aliphatic rings. The summed E-state index contributed by atoms with van der Waals surface area (Å²) in [6.07, 6.45) is 2.33. The first-order valence-corrected chi connectivity index (χ1v) is 11.9. The molecule has 18 nitrogen and oxygen atoms in total. The summed E-state index contributed by atoms with van der Waals surface area (Å²) >= 11 is 0. The van der Waals surface area contributed by atoms with Gasteiger partial charge in [0.2, 0.25) is 0 Å². The summed E-state index contributed by atoms with van der Waals surface area (Å²) in [5, 5.41) is 50.5. The lowest BCUT2D eigenvalue weighted by Crippen LogP contribution is -2.34. The van der Waals surface area contributed by atoms with Crippen molar-refractivity contribution in [2.45, 2.75) is 65.1 Å². The summed E-state index contributed by atoms with van der Waals surface area (Å²) in [4.78, 5) is 58.0. The van der Waals surface area contributed by atoms with E-state index in [1.165, 1.54) is 0 Å². The molecule has 17 N–H and O–H groups in total. The SMILES string of the molecule is CC(C)C(N)C(=O)O.CC(C)CC(N)C(=O)O.NCC(=O)O.NCC(=O)O.NCC(=O)O.O=C(O)[C@@H]1CCCN1. The molecule has 1 aliphatic heterocycles. The van der Waals surface area contributed by atoms with Crippen LogP contribution in [0.2, 0.25) is 0 Å². The standard InChI is InChI=1S/C6H13NO2.C5H9NO2.C5H11NO2.3C2H5NO2/c1-4(2)3-5(7)6(8)9;7-5(8)4-2-1-3-6-4;1-3(2)4(6)5(7)8;3*3-1-2(4)5/h4-5H,3,7H2,1-2H3,(H,8,9);4,6H,1-3H2,(H,7,8);3-4H,6H2,1-2H3,(H,7,8);3*1,3H2,(H,4,5)/t;4-;;;;/m.0..../s1. The number of nitrogens with two attached hydrogens (primary N) is 5. The van der Waals surface area contributed by atoms with Crippen molar-refractivity contribution in [3.63, 3.8) is 0 Å². The molecule has 1 rings (SSSR count). The summed E-state index contributed by atoms with van der Waals surface area (Å²) in [6, 6.07) is -1.67. The molecule has 2 unspecified atom stereocenters. The van der Waals surface area contributed by atoms with Gasteiger partial charge in [-0.2, -0.15) is 0 Å². The molecule has 1 heterocycles. The molecule has 0 aromatic rings. The maximum absolute atomic E-state index is 10.1. The van der Waals surface area contributed by atoms with E-state index in [1.54, 1.807) is 13.8 Å². The fourth-order valence-corrected chi connectivity index (χ4v) is 1.79. The molecule has 1 fully saturated rings. The third-order valence-corrected chi connectivity index (χ3v) is 3.93. The Balaban J connectivity index is -0.000000125. The summed E-state index contributed by atoms with van der Waals surface area (Å²) in [7, 11) is 0. The van der Waals surface area contributed by atoms with Crippen LogP contribution >= 0.6 is 0 Å². The van der Waals surface area contributed by atoms with Gasteiger partial charge in [0, 0.05) is 0 Å². The van der Waals surface area contributed by atoms with Crippen LogP contribution in [0.4, 0.5) is 0 Å². The molecular formula is C22H48N6O12. The summed E-state index contributed by atoms with van der Waals surface area (Å²) in [6.45, 7) is 7.47. The predicted molar refractivity (Wildman–Crippen MR) is 144 cm³/mol. The lowest BCUT2D eigenvalue weighted by molar-refractivity contribution is -0.140. The number of carboxylic acids is 6. The predicted octanol–water partition coefficient (Wildman–Crippen LogP) is -2.59. The summed E-state index contributed by atoms with van der Waals surface area (Å²) in [5.41, 5.74) is 24.1.